The van der Waals surface area contributed by atoms with Gasteiger partial charge in [0, 0.05) is 0 Å². The third-order valence-electron chi connectivity index (χ3n) is 3.76. The zero-order valence-electron chi connectivity index (χ0n) is 12.4. The number of rotatable bonds is 8. The van der Waals surface area contributed by atoms with Crippen LogP contribution in [0.3, 0.4) is 0 Å². The molecule has 0 spiro atoms. The molecular formula is C17H22O4. The summed E-state index contributed by atoms with van der Waals surface area (Å²) in [4.78, 5) is 22.3. The Kier molecular flexibility index (Phi) is 5.93. The van der Waals surface area contributed by atoms with E-state index in [1.54, 1.807) is 0 Å². The lowest BCUT2D eigenvalue weighted by Crippen LogP contribution is -2.13. The molecule has 1 aromatic carbocycles. The second kappa shape index (κ2) is 7.93. The molecule has 1 aliphatic rings. The second-order valence-electron chi connectivity index (χ2n) is 5.54. The van der Waals surface area contributed by atoms with Crippen LogP contribution < -0.4 is 0 Å². The Morgan fingerprint density at radius 2 is 2.05 bits per heavy atom. The van der Waals surface area contributed by atoms with E-state index in [0.29, 0.717) is 13.0 Å². The number of ether oxygens (including phenoxy) is 2. The third-order valence-corrected chi connectivity index (χ3v) is 3.76. The first-order valence-electron chi connectivity index (χ1n) is 7.55. The molecule has 2 atom stereocenters. The van der Waals surface area contributed by atoms with Gasteiger partial charge in [-0.3, -0.25) is 9.59 Å². The van der Waals surface area contributed by atoms with Crippen molar-refractivity contribution in [2.24, 2.45) is 5.92 Å². The first-order chi connectivity index (χ1) is 10.1. The molecule has 1 heterocycles. The monoisotopic (exact) mass is 290 g/mol. The van der Waals surface area contributed by atoms with Gasteiger partial charge in [0.2, 0.25) is 0 Å². The Labute approximate surface area is 125 Å². The van der Waals surface area contributed by atoms with Crippen molar-refractivity contribution in [1.82, 2.24) is 0 Å². The van der Waals surface area contributed by atoms with Gasteiger partial charge in [0.05, 0.1) is 25.0 Å². The molecule has 1 aromatic rings. The van der Waals surface area contributed by atoms with Gasteiger partial charge in [-0.1, -0.05) is 36.8 Å². The molecular weight excluding hydrogens is 268 g/mol. The van der Waals surface area contributed by atoms with E-state index in [4.69, 9.17) is 4.74 Å². The van der Waals surface area contributed by atoms with Crippen molar-refractivity contribution in [2.45, 2.75) is 45.1 Å². The van der Waals surface area contributed by atoms with Crippen molar-refractivity contribution in [3.8, 4) is 0 Å². The summed E-state index contributed by atoms with van der Waals surface area (Å²) in [6.45, 7) is 2.75. The fraction of sp³-hybridized carbons (Fsp3) is 0.529. The van der Waals surface area contributed by atoms with E-state index in [0.717, 1.165) is 19.3 Å². The SMILES string of the molecule is C[C@@H](CCCC1CC(=O)OC1=O)OCCc1ccccc1. The number of benzene rings is 1. The number of esters is 2. The van der Waals surface area contributed by atoms with Gasteiger partial charge in [-0.25, -0.2) is 0 Å². The van der Waals surface area contributed by atoms with Crippen molar-refractivity contribution in [1.29, 1.82) is 0 Å². The van der Waals surface area contributed by atoms with Crippen LogP contribution in [-0.2, 0) is 25.5 Å². The van der Waals surface area contributed by atoms with E-state index in [1.807, 2.05) is 25.1 Å². The molecule has 114 valence electrons. The summed E-state index contributed by atoms with van der Waals surface area (Å²) in [6, 6.07) is 10.3. The average molecular weight is 290 g/mol. The van der Waals surface area contributed by atoms with Crippen molar-refractivity contribution in [2.75, 3.05) is 6.61 Å². The normalized spacial score (nSPS) is 19.6. The maximum atomic E-state index is 11.3. The minimum Gasteiger partial charge on any atom is -0.393 e. The summed E-state index contributed by atoms with van der Waals surface area (Å²) in [6.07, 6.45) is 3.79. The molecule has 1 saturated heterocycles. The number of carbonyl (C=O) groups excluding carboxylic acids is 2. The number of cyclic esters (lactones) is 2. The second-order valence-corrected chi connectivity index (χ2v) is 5.54. The van der Waals surface area contributed by atoms with Crippen LogP contribution in [0.25, 0.3) is 0 Å². The highest BCUT2D eigenvalue weighted by molar-refractivity contribution is 5.94. The Hall–Kier alpha value is -1.68. The topological polar surface area (TPSA) is 52.6 Å². The Bertz CT molecular complexity index is 469. The van der Waals surface area contributed by atoms with Gasteiger partial charge >= 0.3 is 11.9 Å². The van der Waals surface area contributed by atoms with Gasteiger partial charge in [0.25, 0.3) is 0 Å². The minimum atomic E-state index is -0.392. The largest absolute Gasteiger partial charge is 0.393 e. The summed E-state index contributed by atoms with van der Waals surface area (Å²) in [7, 11) is 0. The van der Waals surface area contributed by atoms with Gasteiger partial charge in [-0.05, 0) is 31.7 Å². The van der Waals surface area contributed by atoms with Crippen molar-refractivity contribution >= 4 is 11.9 Å². The number of hydrogen-bond donors (Lipinski definition) is 0. The Morgan fingerprint density at radius 3 is 2.71 bits per heavy atom. The third kappa shape index (κ3) is 5.31. The zero-order valence-corrected chi connectivity index (χ0v) is 12.4. The molecule has 0 bridgehead atoms. The van der Waals surface area contributed by atoms with Crippen LogP contribution >= 0.6 is 0 Å². The van der Waals surface area contributed by atoms with E-state index in [2.05, 4.69) is 16.9 Å². The quantitative estimate of drug-likeness (QED) is 0.545. The number of carbonyl (C=O) groups is 2. The zero-order chi connectivity index (χ0) is 15.1. The summed E-state index contributed by atoms with van der Waals surface area (Å²) in [5.74, 6) is -0.996. The molecule has 0 N–H and O–H groups in total. The summed E-state index contributed by atoms with van der Waals surface area (Å²) in [5.41, 5.74) is 1.27. The summed E-state index contributed by atoms with van der Waals surface area (Å²) in [5, 5.41) is 0. The van der Waals surface area contributed by atoms with Crippen LogP contribution in [0.15, 0.2) is 30.3 Å². The first kappa shape index (κ1) is 15.7. The van der Waals surface area contributed by atoms with Gasteiger partial charge in [-0.15, -0.1) is 0 Å². The molecule has 1 fully saturated rings. The van der Waals surface area contributed by atoms with E-state index < -0.39 is 5.97 Å². The van der Waals surface area contributed by atoms with Gasteiger partial charge in [0.15, 0.2) is 0 Å². The van der Waals surface area contributed by atoms with E-state index in [1.165, 1.54) is 5.56 Å². The van der Waals surface area contributed by atoms with Gasteiger partial charge < -0.3 is 9.47 Å². The van der Waals surface area contributed by atoms with Crippen molar-refractivity contribution in [3.63, 3.8) is 0 Å². The maximum Gasteiger partial charge on any atom is 0.317 e. The smallest absolute Gasteiger partial charge is 0.317 e. The minimum absolute atomic E-state index is 0.168. The lowest BCUT2D eigenvalue weighted by Gasteiger charge is -2.13. The molecule has 4 nitrogen and oxygen atoms in total. The van der Waals surface area contributed by atoms with Gasteiger partial charge in [-0.2, -0.15) is 0 Å². The lowest BCUT2D eigenvalue weighted by molar-refractivity contribution is -0.153. The van der Waals surface area contributed by atoms with Crippen LogP contribution in [0.1, 0.15) is 38.2 Å². The fourth-order valence-corrected chi connectivity index (χ4v) is 2.50. The highest BCUT2D eigenvalue weighted by Gasteiger charge is 2.32. The molecule has 0 amide bonds. The predicted octanol–water partition coefficient (Wildman–Crippen LogP) is 2.89. The lowest BCUT2D eigenvalue weighted by atomic mass is 9.99. The highest BCUT2D eigenvalue weighted by atomic mass is 16.6. The molecule has 0 radical (unpaired) electrons. The fourth-order valence-electron chi connectivity index (χ4n) is 2.50. The molecule has 0 aliphatic carbocycles. The first-order valence-corrected chi connectivity index (χ1v) is 7.55. The molecule has 1 aliphatic heterocycles. The van der Waals surface area contributed by atoms with Crippen molar-refractivity contribution < 1.29 is 19.1 Å². The van der Waals surface area contributed by atoms with Crippen LogP contribution in [0.5, 0.6) is 0 Å². The van der Waals surface area contributed by atoms with Crippen LogP contribution in [0.4, 0.5) is 0 Å². The van der Waals surface area contributed by atoms with Crippen LogP contribution in [0.2, 0.25) is 0 Å². The van der Waals surface area contributed by atoms with Crippen molar-refractivity contribution in [3.05, 3.63) is 35.9 Å². The molecule has 1 unspecified atom stereocenters. The molecule has 4 heteroatoms. The average Bonchev–Trinajstić information content (AvgIpc) is 2.78. The van der Waals surface area contributed by atoms with Gasteiger partial charge in [0.1, 0.15) is 0 Å². The molecule has 0 saturated carbocycles. The van der Waals surface area contributed by atoms with Crippen LogP contribution in [-0.4, -0.2) is 24.6 Å². The van der Waals surface area contributed by atoms with Crippen LogP contribution in [0, 0.1) is 5.92 Å². The molecule has 2 rings (SSSR count). The predicted molar refractivity (Wildman–Crippen MR) is 78.6 cm³/mol. The summed E-state index contributed by atoms with van der Waals surface area (Å²) < 4.78 is 10.3. The number of hydrogen-bond acceptors (Lipinski definition) is 4. The molecule has 21 heavy (non-hydrogen) atoms. The molecule has 0 aromatic heterocycles. The summed E-state index contributed by atoms with van der Waals surface area (Å²) >= 11 is 0. The van der Waals surface area contributed by atoms with E-state index in [9.17, 15) is 9.59 Å². The standard InChI is InChI=1S/C17H22O4/c1-13(20-11-10-14-7-3-2-4-8-14)6-5-9-15-12-16(18)21-17(15)19/h2-4,7-8,13,15H,5-6,9-12H2,1H3/t13-,15?/m0/s1. The Balaban J connectivity index is 1.56. The highest BCUT2D eigenvalue weighted by Crippen LogP contribution is 2.22. The Morgan fingerprint density at radius 1 is 1.29 bits per heavy atom. The maximum absolute atomic E-state index is 11.3. The van der Waals surface area contributed by atoms with E-state index in [-0.39, 0.29) is 24.4 Å². The van der Waals surface area contributed by atoms with E-state index >= 15 is 0 Å².